The van der Waals surface area contributed by atoms with Crippen molar-refractivity contribution in [3.05, 3.63) is 23.8 Å². The normalized spacial score (nSPS) is 13.4. The Balaban J connectivity index is 2.14. The minimum atomic E-state index is -0.255. The lowest BCUT2D eigenvalue weighted by atomic mass is 10.2. The first-order chi connectivity index (χ1) is 7.66. The molecule has 1 amide bonds. The van der Waals surface area contributed by atoms with E-state index in [0.29, 0.717) is 19.8 Å². The minimum absolute atomic E-state index is 0.255. The molecule has 0 atom stereocenters. The number of hydrogen-bond acceptors (Lipinski definition) is 3. The standard InChI is InChI=1S/C11H13NO3S/c1-12(11(13)16)7-8-2-3-9-10(6-8)15-5-4-14-9/h2-3,6H,4-5,7H2,1H3,(H,13,16). The summed E-state index contributed by atoms with van der Waals surface area (Å²) in [5.74, 6) is 1.50. The van der Waals surface area contributed by atoms with Crippen LogP contribution in [0.2, 0.25) is 0 Å². The van der Waals surface area contributed by atoms with Gasteiger partial charge in [0.25, 0.3) is 5.24 Å². The first kappa shape index (κ1) is 11.1. The Morgan fingerprint density at radius 2 is 2.06 bits per heavy atom. The van der Waals surface area contributed by atoms with E-state index in [2.05, 4.69) is 12.6 Å². The van der Waals surface area contributed by atoms with Crippen molar-refractivity contribution in [2.45, 2.75) is 6.54 Å². The number of ether oxygens (including phenoxy) is 2. The second-order valence-electron chi connectivity index (χ2n) is 3.62. The lowest BCUT2D eigenvalue weighted by Gasteiger charge is -2.20. The number of nitrogens with zero attached hydrogens (tertiary/aromatic N) is 1. The average Bonchev–Trinajstić information content (AvgIpc) is 2.28. The molecule has 0 saturated carbocycles. The highest BCUT2D eigenvalue weighted by atomic mass is 32.1. The molecule has 4 nitrogen and oxygen atoms in total. The number of amides is 1. The maximum atomic E-state index is 11.0. The lowest BCUT2D eigenvalue weighted by Crippen LogP contribution is -2.20. The fourth-order valence-electron chi connectivity index (χ4n) is 1.53. The van der Waals surface area contributed by atoms with E-state index in [0.717, 1.165) is 17.1 Å². The average molecular weight is 239 g/mol. The SMILES string of the molecule is CN(Cc1ccc2c(c1)OCCO2)C(=O)S. The number of rotatable bonds is 2. The van der Waals surface area contributed by atoms with Gasteiger partial charge in [0.1, 0.15) is 13.2 Å². The van der Waals surface area contributed by atoms with Gasteiger partial charge in [-0.15, -0.1) is 0 Å². The summed E-state index contributed by atoms with van der Waals surface area (Å²) in [6, 6.07) is 5.67. The number of thiol groups is 1. The Kier molecular flexibility index (Phi) is 3.24. The van der Waals surface area contributed by atoms with E-state index in [1.807, 2.05) is 18.2 Å². The first-order valence-corrected chi connectivity index (χ1v) is 5.44. The molecule has 2 rings (SSSR count). The molecule has 16 heavy (non-hydrogen) atoms. The second kappa shape index (κ2) is 4.65. The van der Waals surface area contributed by atoms with Gasteiger partial charge in [0, 0.05) is 13.6 Å². The zero-order chi connectivity index (χ0) is 11.5. The molecule has 0 N–H and O–H groups in total. The van der Waals surface area contributed by atoms with Crippen LogP contribution in [0.5, 0.6) is 11.5 Å². The van der Waals surface area contributed by atoms with Gasteiger partial charge in [0.05, 0.1) is 0 Å². The molecule has 1 aromatic carbocycles. The molecule has 0 unspecified atom stereocenters. The third kappa shape index (κ3) is 2.41. The summed E-state index contributed by atoms with van der Waals surface area (Å²) < 4.78 is 10.9. The van der Waals surface area contributed by atoms with E-state index >= 15 is 0 Å². The molecule has 0 aromatic heterocycles. The summed E-state index contributed by atoms with van der Waals surface area (Å²) >= 11 is 3.75. The number of hydrogen-bond donors (Lipinski definition) is 1. The first-order valence-electron chi connectivity index (χ1n) is 4.99. The summed E-state index contributed by atoms with van der Waals surface area (Å²) in [4.78, 5) is 12.5. The van der Waals surface area contributed by atoms with Gasteiger partial charge < -0.3 is 14.4 Å². The molecule has 1 aromatic rings. The minimum Gasteiger partial charge on any atom is -0.486 e. The Labute approximate surface area is 99.6 Å². The summed E-state index contributed by atoms with van der Waals surface area (Å²) in [5.41, 5.74) is 0.995. The van der Waals surface area contributed by atoms with Crippen LogP contribution in [0.25, 0.3) is 0 Å². The van der Waals surface area contributed by atoms with Crippen molar-refractivity contribution in [1.82, 2.24) is 4.90 Å². The molecule has 0 bridgehead atoms. The molecule has 1 heterocycles. The van der Waals surface area contributed by atoms with Crippen LogP contribution in [0.4, 0.5) is 4.79 Å². The van der Waals surface area contributed by atoms with Gasteiger partial charge in [-0.3, -0.25) is 4.79 Å². The second-order valence-corrected chi connectivity index (χ2v) is 4.00. The zero-order valence-corrected chi connectivity index (χ0v) is 9.87. The molecule has 0 spiro atoms. The van der Waals surface area contributed by atoms with Crippen LogP contribution in [0.1, 0.15) is 5.56 Å². The van der Waals surface area contributed by atoms with E-state index in [4.69, 9.17) is 9.47 Å². The fraction of sp³-hybridized carbons (Fsp3) is 0.364. The van der Waals surface area contributed by atoms with E-state index in [1.165, 1.54) is 4.90 Å². The Morgan fingerprint density at radius 3 is 2.75 bits per heavy atom. The third-order valence-corrected chi connectivity index (χ3v) is 2.69. The number of carbonyl (C=O) groups is 1. The number of fused-ring (bicyclic) bond motifs is 1. The van der Waals surface area contributed by atoms with Gasteiger partial charge in [-0.2, -0.15) is 0 Å². The molecule has 0 aliphatic carbocycles. The summed E-state index contributed by atoms with van der Waals surface area (Å²) in [5, 5.41) is -0.255. The topological polar surface area (TPSA) is 38.8 Å². The predicted molar refractivity (Wildman–Crippen MR) is 63.3 cm³/mol. The Hall–Kier alpha value is -1.36. The zero-order valence-electron chi connectivity index (χ0n) is 8.97. The Morgan fingerprint density at radius 1 is 1.38 bits per heavy atom. The monoisotopic (exact) mass is 239 g/mol. The lowest BCUT2D eigenvalue weighted by molar-refractivity contribution is 0.171. The van der Waals surface area contributed by atoms with Crippen molar-refractivity contribution in [3.8, 4) is 11.5 Å². The van der Waals surface area contributed by atoms with Crippen LogP contribution in [-0.4, -0.2) is 30.4 Å². The Bertz CT molecular complexity index is 408. The fourth-order valence-corrected chi connectivity index (χ4v) is 1.60. The van der Waals surface area contributed by atoms with Gasteiger partial charge in [-0.1, -0.05) is 18.7 Å². The van der Waals surface area contributed by atoms with Gasteiger partial charge in [0.15, 0.2) is 11.5 Å². The van der Waals surface area contributed by atoms with Gasteiger partial charge in [0.2, 0.25) is 0 Å². The highest BCUT2D eigenvalue weighted by molar-refractivity contribution is 7.96. The highest BCUT2D eigenvalue weighted by Crippen LogP contribution is 2.31. The number of benzene rings is 1. The smallest absolute Gasteiger partial charge is 0.278 e. The van der Waals surface area contributed by atoms with Gasteiger partial charge in [-0.05, 0) is 17.7 Å². The molecule has 86 valence electrons. The molecular formula is C11H13NO3S. The van der Waals surface area contributed by atoms with Crippen LogP contribution in [0, 0.1) is 0 Å². The summed E-state index contributed by atoms with van der Waals surface area (Å²) in [6.07, 6.45) is 0. The van der Waals surface area contributed by atoms with Crippen molar-refractivity contribution in [2.24, 2.45) is 0 Å². The largest absolute Gasteiger partial charge is 0.486 e. The molecule has 0 radical (unpaired) electrons. The maximum absolute atomic E-state index is 11.0. The maximum Gasteiger partial charge on any atom is 0.278 e. The van der Waals surface area contributed by atoms with Crippen LogP contribution in [0.15, 0.2) is 18.2 Å². The quantitative estimate of drug-likeness (QED) is 0.802. The molecular weight excluding hydrogens is 226 g/mol. The molecule has 0 saturated heterocycles. The van der Waals surface area contributed by atoms with Gasteiger partial charge in [-0.25, -0.2) is 0 Å². The van der Waals surface area contributed by atoms with Crippen molar-refractivity contribution in [2.75, 3.05) is 20.3 Å². The molecule has 0 fully saturated rings. The van der Waals surface area contributed by atoms with Crippen LogP contribution in [-0.2, 0) is 6.54 Å². The van der Waals surface area contributed by atoms with E-state index in [1.54, 1.807) is 7.05 Å². The number of carbonyl (C=O) groups excluding carboxylic acids is 1. The summed E-state index contributed by atoms with van der Waals surface area (Å²) in [6.45, 7) is 1.66. The van der Waals surface area contributed by atoms with E-state index in [9.17, 15) is 4.79 Å². The summed E-state index contributed by atoms with van der Waals surface area (Å²) in [7, 11) is 1.70. The van der Waals surface area contributed by atoms with Crippen LogP contribution < -0.4 is 9.47 Å². The highest BCUT2D eigenvalue weighted by Gasteiger charge is 2.12. The van der Waals surface area contributed by atoms with Crippen molar-refractivity contribution in [3.63, 3.8) is 0 Å². The van der Waals surface area contributed by atoms with Gasteiger partial charge >= 0.3 is 0 Å². The molecule has 1 aliphatic rings. The van der Waals surface area contributed by atoms with E-state index < -0.39 is 0 Å². The molecule has 1 aliphatic heterocycles. The predicted octanol–water partition coefficient (Wildman–Crippen LogP) is 1.94. The van der Waals surface area contributed by atoms with Crippen molar-refractivity contribution < 1.29 is 14.3 Å². The van der Waals surface area contributed by atoms with E-state index in [-0.39, 0.29) is 5.24 Å². The van der Waals surface area contributed by atoms with Crippen LogP contribution >= 0.6 is 12.6 Å². The van der Waals surface area contributed by atoms with Crippen LogP contribution in [0.3, 0.4) is 0 Å². The third-order valence-electron chi connectivity index (χ3n) is 2.35. The van der Waals surface area contributed by atoms with Crippen molar-refractivity contribution >= 4 is 17.9 Å². The molecule has 5 heteroatoms. The van der Waals surface area contributed by atoms with Crippen molar-refractivity contribution in [1.29, 1.82) is 0 Å².